The third kappa shape index (κ3) is 8.49. The maximum Gasteiger partial charge on any atom is 0.165 e. The van der Waals surface area contributed by atoms with Crippen molar-refractivity contribution in [2.75, 3.05) is 46.0 Å². The Morgan fingerprint density at radius 1 is 0.281 bits per heavy atom. The molecule has 5 heterocycles. The quantitative estimate of drug-likeness (QED) is 0.0897. The largest absolute Gasteiger partial charge is 0.324 e. The molecule has 0 atom stereocenters. The van der Waals surface area contributed by atoms with Crippen LogP contribution in [-0.4, -0.2) is 85.9 Å². The monoisotopic (exact) mass is 994 g/mol. The van der Waals surface area contributed by atoms with E-state index in [0.29, 0.717) is 23.3 Å². The van der Waals surface area contributed by atoms with Crippen LogP contribution in [0.15, 0.2) is 87.7 Å². The molecule has 0 saturated heterocycles. The lowest BCUT2D eigenvalue weighted by Gasteiger charge is -2.11. The molecule has 2 N–H and O–H groups in total. The maximum atomic E-state index is 5.61. The fourth-order valence-corrected chi connectivity index (χ4v) is 14.8. The number of fused-ring (bicyclic) bond motifs is 20. The van der Waals surface area contributed by atoms with Gasteiger partial charge in [-0.05, 0) is 94.6 Å². The molecule has 0 amide bonds. The number of aromatic amines is 2. The first-order valence-electron chi connectivity index (χ1n) is 21.9. The summed E-state index contributed by atoms with van der Waals surface area (Å²) in [5.74, 6) is 9.93. The fourth-order valence-electron chi connectivity index (χ4n) is 8.27. The third-order valence-electron chi connectivity index (χ3n) is 10.5. The standard InChI is InChI=1S/C48H50N8S8/c1-9-57-25-17-18-26(58-10-2)34-33(25)41-49-42(34)54-44-37-29(61-13-5)21-22-30(62-14-6)38(37)46(51-44)56-48-40-32(64-16-8)24-23-31(63-15-7)39(40)47(52-48)55-45-36-28(60-12-4)20-19-27(59-11-3)35(36)43(50-45)53-41/h17-24H,9-16H2,1-8H3,(H2,49,50,51,52,53,54,55,56). The predicted molar refractivity (Wildman–Crippen MR) is 287 cm³/mol. The summed E-state index contributed by atoms with van der Waals surface area (Å²) in [7, 11) is 0. The molecule has 4 aromatic carbocycles. The topological polar surface area (TPSA) is 109 Å². The van der Waals surface area contributed by atoms with Gasteiger partial charge in [0.25, 0.3) is 0 Å². The number of H-pyrrole nitrogens is 2. The SMILES string of the molecule is CCSc1ccc(SCC)c2c1-c1nc-2nc2[nH]c(nc3nc(nc4[nH]c(n1)c1c(SCC)ccc(SCC)c41)-c1c(SCC)ccc(SCC)c1-3)c1c(SCC)ccc(SCC)c21. The van der Waals surface area contributed by atoms with Crippen molar-refractivity contribution in [3.8, 4) is 45.6 Å². The highest BCUT2D eigenvalue weighted by Gasteiger charge is 2.30. The molecular formula is C48H50N8S8. The van der Waals surface area contributed by atoms with Crippen LogP contribution in [0.3, 0.4) is 0 Å². The van der Waals surface area contributed by atoms with Crippen molar-refractivity contribution in [1.82, 2.24) is 39.9 Å². The second-order valence-corrected chi connectivity index (χ2v) is 24.8. The van der Waals surface area contributed by atoms with E-state index < -0.39 is 0 Å². The van der Waals surface area contributed by atoms with E-state index in [1.54, 1.807) is 0 Å². The Hall–Kier alpha value is -2.96. The lowest BCUT2D eigenvalue weighted by molar-refractivity contribution is 1.18. The van der Waals surface area contributed by atoms with Crippen molar-refractivity contribution in [1.29, 1.82) is 0 Å². The number of hydrogen-bond donors (Lipinski definition) is 2. The zero-order valence-corrected chi connectivity index (χ0v) is 43.8. The first-order chi connectivity index (χ1) is 31.4. The van der Waals surface area contributed by atoms with Crippen molar-refractivity contribution in [3.63, 3.8) is 0 Å². The zero-order chi connectivity index (χ0) is 44.5. The highest BCUT2D eigenvalue weighted by molar-refractivity contribution is 8.01. The van der Waals surface area contributed by atoms with E-state index in [1.807, 2.05) is 94.1 Å². The summed E-state index contributed by atoms with van der Waals surface area (Å²) in [6.45, 7) is 17.6. The van der Waals surface area contributed by atoms with Crippen molar-refractivity contribution in [3.05, 3.63) is 48.5 Å². The summed E-state index contributed by atoms with van der Waals surface area (Å²) in [4.78, 5) is 50.2. The minimum atomic E-state index is 0.652. The number of thioether (sulfide) groups is 8. The van der Waals surface area contributed by atoms with Gasteiger partial charge in [0, 0.05) is 83.0 Å². The molecule has 8 bridgehead atoms. The Labute approximate surface area is 409 Å². The highest BCUT2D eigenvalue weighted by Crippen LogP contribution is 2.50. The molecule has 2 aliphatic heterocycles. The Bertz CT molecular complexity index is 2690. The molecule has 3 aromatic heterocycles. The molecule has 16 heteroatoms. The number of rotatable bonds is 16. The Morgan fingerprint density at radius 3 is 0.672 bits per heavy atom. The lowest BCUT2D eigenvalue weighted by atomic mass is 10.1. The van der Waals surface area contributed by atoms with E-state index in [4.69, 9.17) is 29.9 Å². The lowest BCUT2D eigenvalue weighted by Crippen LogP contribution is -1.90. The first-order valence-corrected chi connectivity index (χ1v) is 29.8. The normalized spacial score (nSPS) is 12.1. The number of benzene rings is 4. The number of nitrogens with zero attached hydrogens (tertiary/aromatic N) is 6. The Balaban J connectivity index is 1.57. The van der Waals surface area contributed by atoms with Gasteiger partial charge in [-0.2, -0.15) is 0 Å². The van der Waals surface area contributed by atoms with Gasteiger partial charge in [0.15, 0.2) is 23.3 Å². The fraction of sp³-hybridized carbons (Fsp3) is 0.333. The van der Waals surface area contributed by atoms with Crippen LogP contribution in [0.5, 0.6) is 0 Å². The smallest absolute Gasteiger partial charge is 0.165 e. The van der Waals surface area contributed by atoms with E-state index in [2.05, 4.69) is 114 Å². The van der Waals surface area contributed by atoms with Crippen molar-refractivity contribution in [2.45, 2.75) is 94.6 Å². The second kappa shape index (κ2) is 20.5. The Kier molecular flexibility index (Phi) is 14.8. The van der Waals surface area contributed by atoms with Crippen molar-refractivity contribution >= 4 is 138 Å². The highest BCUT2D eigenvalue weighted by atomic mass is 32.2. The minimum absolute atomic E-state index is 0.652. The van der Waals surface area contributed by atoms with Crippen molar-refractivity contribution < 1.29 is 0 Å². The molecule has 0 unspecified atom stereocenters. The molecule has 0 saturated carbocycles. The summed E-state index contributed by atoms with van der Waals surface area (Å²) >= 11 is 14.6. The molecule has 64 heavy (non-hydrogen) atoms. The summed E-state index contributed by atoms with van der Waals surface area (Å²) in [6.07, 6.45) is 0. The molecule has 0 radical (unpaired) electrons. The number of nitrogens with one attached hydrogen (secondary N) is 2. The van der Waals surface area contributed by atoms with Gasteiger partial charge >= 0.3 is 0 Å². The van der Waals surface area contributed by atoms with Gasteiger partial charge < -0.3 is 9.97 Å². The van der Waals surface area contributed by atoms with Crippen LogP contribution in [-0.2, 0) is 0 Å². The molecule has 0 aliphatic carbocycles. The molecular weight excluding hydrogens is 945 g/mol. The van der Waals surface area contributed by atoms with Crippen LogP contribution in [0.1, 0.15) is 55.4 Å². The van der Waals surface area contributed by atoms with Crippen LogP contribution in [0.25, 0.3) is 89.7 Å². The van der Waals surface area contributed by atoms with Crippen LogP contribution >= 0.6 is 94.1 Å². The van der Waals surface area contributed by atoms with Gasteiger partial charge in [-0.1, -0.05) is 55.4 Å². The van der Waals surface area contributed by atoms with Crippen molar-refractivity contribution in [2.24, 2.45) is 0 Å². The van der Waals surface area contributed by atoms with Gasteiger partial charge in [0.2, 0.25) is 0 Å². The summed E-state index contributed by atoms with van der Waals surface area (Å²) < 4.78 is 0. The molecule has 2 aliphatic rings. The molecule has 0 fully saturated rings. The summed E-state index contributed by atoms with van der Waals surface area (Å²) in [6, 6.07) is 18.0. The average molecular weight is 996 g/mol. The molecule has 0 spiro atoms. The van der Waals surface area contributed by atoms with Gasteiger partial charge in [0.05, 0.1) is 0 Å². The third-order valence-corrected chi connectivity index (χ3v) is 18.0. The molecule has 9 rings (SSSR count). The summed E-state index contributed by atoms with van der Waals surface area (Å²) in [5, 5.41) is 4.22. The Morgan fingerprint density at radius 2 is 0.469 bits per heavy atom. The predicted octanol–water partition coefficient (Wildman–Crippen LogP) is 15.8. The maximum absolute atomic E-state index is 5.61. The van der Waals surface area contributed by atoms with E-state index >= 15 is 0 Å². The minimum Gasteiger partial charge on any atom is -0.324 e. The van der Waals surface area contributed by atoms with Gasteiger partial charge in [-0.25, -0.2) is 29.9 Å². The van der Waals surface area contributed by atoms with E-state index in [0.717, 1.165) is 152 Å². The number of aromatic nitrogens is 8. The van der Waals surface area contributed by atoms with E-state index in [9.17, 15) is 0 Å². The van der Waals surface area contributed by atoms with Crippen LogP contribution in [0.4, 0.5) is 0 Å². The van der Waals surface area contributed by atoms with E-state index in [1.165, 1.54) is 0 Å². The average Bonchev–Trinajstić information content (AvgIpc) is 4.04. The second-order valence-electron chi connectivity index (χ2n) is 14.3. The van der Waals surface area contributed by atoms with Crippen LogP contribution < -0.4 is 0 Å². The van der Waals surface area contributed by atoms with Gasteiger partial charge in [-0.15, -0.1) is 94.1 Å². The number of hydrogen-bond acceptors (Lipinski definition) is 14. The van der Waals surface area contributed by atoms with E-state index in [-0.39, 0.29) is 0 Å². The van der Waals surface area contributed by atoms with Crippen LogP contribution in [0, 0.1) is 0 Å². The molecule has 7 aromatic rings. The molecule has 330 valence electrons. The zero-order valence-electron chi connectivity index (χ0n) is 37.2. The first kappa shape index (κ1) is 46.2. The van der Waals surface area contributed by atoms with Crippen LogP contribution in [0.2, 0.25) is 0 Å². The molecule has 8 nitrogen and oxygen atoms in total. The summed E-state index contributed by atoms with van der Waals surface area (Å²) in [5.41, 5.74) is 7.07. The van der Waals surface area contributed by atoms with Gasteiger partial charge in [0.1, 0.15) is 22.6 Å². The van der Waals surface area contributed by atoms with Gasteiger partial charge in [-0.3, -0.25) is 0 Å².